The molecule has 0 radical (unpaired) electrons. The number of thioether (sulfide) groups is 1. The van der Waals surface area contributed by atoms with Crippen molar-refractivity contribution in [3.63, 3.8) is 0 Å². The molecule has 2 aliphatic heterocycles. The number of unbranched alkanes of at least 4 members (excludes halogenated alkanes) is 2. The minimum atomic E-state index is -1.48. The van der Waals surface area contributed by atoms with E-state index >= 15 is 0 Å². The van der Waals surface area contributed by atoms with E-state index < -0.39 is 29.4 Å². The van der Waals surface area contributed by atoms with Crippen LogP contribution >= 0.6 is 11.8 Å². The largest absolute Gasteiger partial charge is 0.494 e. The summed E-state index contributed by atoms with van der Waals surface area (Å²) in [6, 6.07) is 6.85. The first-order valence-corrected chi connectivity index (χ1v) is 14.0. The Kier molecular flexibility index (Phi) is 9.80. The number of hydrogen-bond donors (Lipinski definition) is 2. The van der Waals surface area contributed by atoms with Gasteiger partial charge in [-0.2, -0.15) is 11.8 Å². The Morgan fingerprint density at radius 1 is 1.14 bits per heavy atom. The van der Waals surface area contributed by atoms with Gasteiger partial charge in [-0.1, -0.05) is 51.0 Å². The number of likely N-dealkylation sites (tertiary alicyclic amines) is 1. The quantitative estimate of drug-likeness (QED) is 0.221. The van der Waals surface area contributed by atoms with Gasteiger partial charge in [0.1, 0.15) is 11.3 Å². The average Bonchev–Trinajstić information content (AvgIpc) is 3.33. The molecule has 2 saturated heterocycles. The van der Waals surface area contributed by atoms with Crippen LogP contribution in [0.4, 0.5) is 0 Å². The van der Waals surface area contributed by atoms with Gasteiger partial charge in [0.2, 0.25) is 11.8 Å². The Labute approximate surface area is 212 Å². The number of aliphatic carboxylic acids is 1. The summed E-state index contributed by atoms with van der Waals surface area (Å²) in [6.45, 7) is 5.06. The summed E-state index contributed by atoms with van der Waals surface area (Å²) in [6.07, 6.45) is 10.9. The van der Waals surface area contributed by atoms with Crippen LogP contribution in [-0.2, 0) is 14.4 Å². The zero-order valence-corrected chi connectivity index (χ0v) is 21.8. The highest BCUT2D eigenvalue weighted by Crippen LogP contribution is 2.50. The molecule has 8 heteroatoms. The van der Waals surface area contributed by atoms with Crippen molar-refractivity contribution in [1.29, 1.82) is 0 Å². The maximum atomic E-state index is 13.6. The van der Waals surface area contributed by atoms with Crippen LogP contribution < -0.4 is 10.1 Å². The van der Waals surface area contributed by atoms with E-state index in [9.17, 15) is 19.5 Å². The highest BCUT2D eigenvalue weighted by Gasteiger charge is 2.67. The van der Waals surface area contributed by atoms with Crippen LogP contribution in [0, 0.1) is 11.8 Å². The molecule has 2 fully saturated rings. The van der Waals surface area contributed by atoms with E-state index in [-0.39, 0.29) is 24.8 Å². The summed E-state index contributed by atoms with van der Waals surface area (Å²) in [5.74, 6) is -2.10. The first-order chi connectivity index (χ1) is 16.9. The van der Waals surface area contributed by atoms with Crippen molar-refractivity contribution >= 4 is 29.5 Å². The van der Waals surface area contributed by atoms with Crippen molar-refractivity contribution < 1.29 is 24.2 Å². The number of nitrogens with zero attached hydrogens (tertiary/aromatic N) is 1. The number of ether oxygens (including phenoxy) is 1. The molecule has 4 atom stereocenters. The molecular formula is C27H38N2O5S. The van der Waals surface area contributed by atoms with Crippen molar-refractivity contribution in [2.24, 2.45) is 11.8 Å². The number of carboxylic acids is 1. The Balaban J connectivity index is 1.89. The van der Waals surface area contributed by atoms with Gasteiger partial charge >= 0.3 is 5.97 Å². The molecule has 4 unspecified atom stereocenters. The molecule has 192 valence electrons. The van der Waals surface area contributed by atoms with E-state index in [4.69, 9.17) is 4.74 Å². The minimum Gasteiger partial charge on any atom is -0.494 e. The van der Waals surface area contributed by atoms with Crippen molar-refractivity contribution in [1.82, 2.24) is 10.2 Å². The SMILES string of the molecule is CCCCC=CCCN1C(=O)C2C(c3ccc(OCCC)cc3)NC(CCSC)(C(=O)O)C2C1=O. The van der Waals surface area contributed by atoms with Crippen molar-refractivity contribution in [2.75, 3.05) is 25.2 Å². The van der Waals surface area contributed by atoms with Gasteiger partial charge in [-0.15, -0.1) is 0 Å². The van der Waals surface area contributed by atoms with E-state index in [1.165, 1.54) is 16.7 Å². The summed E-state index contributed by atoms with van der Waals surface area (Å²) in [7, 11) is 0. The summed E-state index contributed by atoms with van der Waals surface area (Å²) in [4.78, 5) is 41.1. The number of allylic oxidation sites excluding steroid dienone is 1. The number of benzene rings is 1. The Morgan fingerprint density at radius 3 is 2.49 bits per heavy atom. The molecule has 2 amide bonds. The van der Waals surface area contributed by atoms with Crippen LogP contribution in [0.1, 0.15) is 64.0 Å². The molecule has 0 saturated carbocycles. The van der Waals surface area contributed by atoms with Crippen LogP contribution in [0.2, 0.25) is 0 Å². The molecule has 1 aromatic carbocycles. The van der Waals surface area contributed by atoms with E-state index in [1.807, 2.05) is 43.5 Å². The number of amides is 2. The monoisotopic (exact) mass is 502 g/mol. The molecule has 1 aromatic rings. The average molecular weight is 503 g/mol. The summed E-state index contributed by atoms with van der Waals surface area (Å²) in [5.41, 5.74) is -0.688. The van der Waals surface area contributed by atoms with E-state index in [0.717, 1.165) is 37.0 Å². The van der Waals surface area contributed by atoms with E-state index in [2.05, 4.69) is 18.3 Å². The van der Waals surface area contributed by atoms with Crippen molar-refractivity contribution in [3.05, 3.63) is 42.0 Å². The van der Waals surface area contributed by atoms with Crippen LogP contribution in [0.5, 0.6) is 5.75 Å². The number of carboxylic acid groups (broad SMARTS) is 1. The standard InChI is InChI=1S/C27H38N2O5S/c1-4-6-7-8-9-10-16-29-24(30)21-22(25(29)31)27(26(32)33,15-18-35-3)28-23(21)19-11-13-20(14-12-19)34-17-5-2/h8-9,11-14,21-23,28H,4-7,10,15-18H2,1-3H3,(H,32,33). The topological polar surface area (TPSA) is 95.9 Å². The number of hydrogen-bond acceptors (Lipinski definition) is 6. The second-order valence-electron chi connectivity index (χ2n) is 9.29. The Hall–Kier alpha value is -2.32. The van der Waals surface area contributed by atoms with E-state index in [1.54, 1.807) is 0 Å². The molecule has 35 heavy (non-hydrogen) atoms. The smallest absolute Gasteiger partial charge is 0.324 e. The van der Waals surface area contributed by atoms with Gasteiger partial charge in [-0.25, -0.2) is 0 Å². The lowest BCUT2D eigenvalue weighted by Crippen LogP contribution is -2.56. The maximum absolute atomic E-state index is 13.6. The van der Waals surface area contributed by atoms with Crippen LogP contribution in [0.25, 0.3) is 0 Å². The molecule has 0 spiro atoms. The third kappa shape index (κ3) is 5.75. The first kappa shape index (κ1) is 27.3. The lowest BCUT2D eigenvalue weighted by atomic mass is 9.78. The number of rotatable bonds is 14. The molecule has 7 nitrogen and oxygen atoms in total. The van der Waals surface area contributed by atoms with Crippen molar-refractivity contribution in [2.45, 2.75) is 64.0 Å². The maximum Gasteiger partial charge on any atom is 0.324 e. The normalized spacial score (nSPS) is 26.0. The van der Waals surface area contributed by atoms with Gasteiger partial charge in [-0.3, -0.25) is 24.6 Å². The van der Waals surface area contributed by atoms with Crippen LogP contribution in [-0.4, -0.2) is 58.5 Å². The minimum absolute atomic E-state index is 0.267. The molecule has 0 aromatic heterocycles. The van der Waals surface area contributed by atoms with Gasteiger partial charge in [-0.05, 0) is 55.4 Å². The van der Waals surface area contributed by atoms with Crippen LogP contribution in [0.3, 0.4) is 0 Å². The summed E-state index contributed by atoms with van der Waals surface area (Å²) in [5, 5.41) is 13.6. The predicted octanol–water partition coefficient (Wildman–Crippen LogP) is 4.43. The fourth-order valence-electron chi connectivity index (χ4n) is 5.12. The zero-order valence-electron chi connectivity index (χ0n) is 21.0. The third-order valence-corrected chi connectivity index (χ3v) is 7.56. The molecule has 2 heterocycles. The summed E-state index contributed by atoms with van der Waals surface area (Å²) < 4.78 is 5.67. The van der Waals surface area contributed by atoms with Gasteiger partial charge in [0.05, 0.1) is 18.4 Å². The Bertz CT molecular complexity index is 919. The fourth-order valence-corrected chi connectivity index (χ4v) is 5.64. The van der Waals surface area contributed by atoms with Gasteiger partial charge in [0, 0.05) is 12.6 Å². The second-order valence-corrected chi connectivity index (χ2v) is 10.3. The van der Waals surface area contributed by atoms with Gasteiger partial charge in [0.15, 0.2) is 0 Å². The zero-order chi connectivity index (χ0) is 25.4. The first-order valence-electron chi connectivity index (χ1n) is 12.6. The lowest BCUT2D eigenvalue weighted by molar-refractivity contribution is -0.151. The Morgan fingerprint density at radius 2 is 1.86 bits per heavy atom. The number of carbonyl (C=O) groups excluding carboxylic acids is 2. The van der Waals surface area contributed by atoms with Gasteiger partial charge in [0.25, 0.3) is 0 Å². The highest BCUT2D eigenvalue weighted by molar-refractivity contribution is 7.98. The molecule has 2 N–H and O–H groups in total. The highest BCUT2D eigenvalue weighted by atomic mass is 32.2. The lowest BCUT2D eigenvalue weighted by Gasteiger charge is -2.31. The molecule has 0 bridgehead atoms. The number of fused-ring (bicyclic) bond motifs is 1. The van der Waals surface area contributed by atoms with E-state index in [0.29, 0.717) is 18.8 Å². The van der Waals surface area contributed by atoms with Gasteiger partial charge < -0.3 is 9.84 Å². The number of imide groups is 1. The fraction of sp³-hybridized carbons (Fsp3) is 0.593. The molecule has 3 rings (SSSR count). The number of carbonyl (C=O) groups is 3. The summed E-state index contributed by atoms with van der Waals surface area (Å²) >= 11 is 1.53. The van der Waals surface area contributed by atoms with Crippen molar-refractivity contribution in [3.8, 4) is 5.75 Å². The molecule has 0 aliphatic carbocycles. The predicted molar refractivity (Wildman–Crippen MR) is 138 cm³/mol. The third-order valence-electron chi connectivity index (χ3n) is 6.95. The molecule has 2 aliphatic rings. The van der Waals surface area contributed by atoms with Crippen LogP contribution in [0.15, 0.2) is 36.4 Å². The second kappa shape index (κ2) is 12.6. The molecular weight excluding hydrogens is 464 g/mol. The number of nitrogens with one attached hydrogen (secondary N) is 1.